The maximum atomic E-state index is 12.2. The molecule has 1 aliphatic heterocycles. The lowest BCUT2D eigenvalue weighted by atomic mass is 10.0. The largest absolute Gasteiger partial charge is 0.459 e. The van der Waals surface area contributed by atoms with Gasteiger partial charge in [0.1, 0.15) is 0 Å². The second-order valence-electron chi connectivity index (χ2n) is 6.08. The molecule has 1 saturated heterocycles. The number of furan rings is 1. The molecule has 5 nitrogen and oxygen atoms in total. The summed E-state index contributed by atoms with van der Waals surface area (Å²) in [7, 11) is 0. The molecule has 1 atom stereocenters. The van der Waals surface area contributed by atoms with Crippen LogP contribution in [-0.2, 0) is 4.79 Å². The van der Waals surface area contributed by atoms with E-state index in [1.165, 1.54) is 6.26 Å². The zero-order valence-corrected chi connectivity index (χ0v) is 12.7. The fourth-order valence-corrected chi connectivity index (χ4v) is 3.17. The number of rotatable bonds is 4. The van der Waals surface area contributed by atoms with E-state index in [1.54, 1.807) is 17.0 Å². The van der Waals surface area contributed by atoms with E-state index in [4.69, 9.17) is 4.42 Å². The smallest absolute Gasteiger partial charge is 0.289 e. The van der Waals surface area contributed by atoms with E-state index < -0.39 is 0 Å². The van der Waals surface area contributed by atoms with Crippen molar-refractivity contribution >= 4 is 11.8 Å². The summed E-state index contributed by atoms with van der Waals surface area (Å²) in [6.07, 6.45) is 10.2. The van der Waals surface area contributed by atoms with Crippen LogP contribution in [0, 0.1) is 5.92 Å². The molecule has 5 heteroatoms. The summed E-state index contributed by atoms with van der Waals surface area (Å²) in [5, 5.41) is 3.11. The Kier molecular flexibility index (Phi) is 4.61. The Balaban J connectivity index is 1.42. The van der Waals surface area contributed by atoms with Crippen molar-refractivity contribution < 1.29 is 14.0 Å². The molecule has 1 aliphatic carbocycles. The third-order valence-electron chi connectivity index (χ3n) is 4.44. The minimum Gasteiger partial charge on any atom is -0.459 e. The van der Waals surface area contributed by atoms with Crippen LogP contribution in [0.25, 0.3) is 0 Å². The van der Waals surface area contributed by atoms with Gasteiger partial charge in [-0.15, -0.1) is 0 Å². The highest BCUT2D eigenvalue weighted by Gasteiger charge is 2.26. The van der Waals surface area contributed by atoms with Gasteiger partial charge in [0, 0.05) is 25.6 Å². The normalized spacial score (nSPS) is 22.0. The van der Waals surface area contributed by atoms with Crippen LogP contribution < -0.4 is 5.32 Å². The van der Waals surface area contributed by atoms with Crippen molar-refractivity contribution in [2.75, 3.05) is 13.1 Å². The van der Waals surface area contributed by atoms with Gasteiger partial charge < -0.3 is 14.6 Å². The van der Waals surface area contributed by atoms with Crippen LogP contribution in [-0.4, -0.2) is 35.8 Å². The van der Waals surface area contributed by atoms with Crippen LogP contribution in [0.5, 0.6) is 0 Å². The van der Waals surface area contributed by atoms with Gasteiger partial charge in [-0.3, -0.25) is 9.59 Å². The molecule has 0 aromatic carbocycles. The lowest BCUT2D eigenvalue weighted by molar-refractivity contribution is -0.122. The summed E-state index contributed by atoms with van der Waals surface area (Å²) in [6.45, 7) is 1.32. The lowest BCUT2D eigenvalue weighted by Crippen LogP contribution is -2.46. The van der Waals surface area contributed by atoms with Gasteiger partial charge in [-0.2, -0.15) is 0 Å². The van der Waals surface area contributed by atoms with Gasteiger partial charge in [0.05, 0.1) is 6.26 Å². The second kappa shape index (κ2) is 6.81. The zero-order chi connectivity index (χ0) is 15.4. The Morgan fingerprint density at radius 3 is 2.73 bits per heavy atom. The number of nitrogens with one attached hydrogen (secondary N) is 1. The van der Waals surface area contributed by atoms with Gasteiger partial charge in [-0.05, 0) is 43.7 Å². The first kappa shape index (κ1) is 14.9. The molecule has 2 amide bonds. The van der Waals surface area contributed by atoms with Gasteiger partial charge in [0.25, 0.3) is 5.91 Å². The number of allylic oxidation sites excluding steroid dienone is 2. The Hall–Kier alpha value is -2.04. The standard InChI is InChI=1S/C17H22N2O3/c20-16(12-13-4-1-2-5-13)18-14-7-9-19(10-8-14)17(21)15-6-3-11-22-15/h1,3-4,6,11,13-14H,2,5,7-10,12H2,(H,18,20)/t13-/m0/s1. The van der Waals surface area contributed by atoms with Gasteiger partial charge in [0.15, 0.2) is 5.76 Å². The van der Waals surface area contributed by atoms with Crippen molar-refractivity contribution in [2.24, 2.45) is 5.92 Å². The summed E-state index contributed by atoms with van der Waals surface area (Å²) < 4.78 is 5.15. The first-order valence-corrected chi connectivity index (χ1v) is 8.01. The zero-order valence-electron chi connectivity index (χ0n) is 12.7. The molecule has 1 aromatic heterocycles. The van der Waals surface area contributed by atoms with Gasteiger partial charge >= 0.3 is 0 Å². The number of carbonyl (C=O) groups is 2. The van der Waals surface area contributed by atoms with Gasteiger partial charge in [0.2, 0.25) is 5.91 Å². The molecule has 22 heavy (non-hydrogen) atoms. The maximum Gasteiger partial charge on any atom is 0.289 e. The summed E-state index contributed by atoms with van der Waals surface area (Å²) in [5.41, 5.74) is 0. The minimum atomic E-state index is -0.0640. The Bertz CT molecular complexity index is 542. The number of amides is 2. The molecule has 0 bridgehead atoms. The van der Waals surface area contributed by atoms with E-state index >= 15 is 0 Å². The third kappa shape index (κ3) is 3.59. The molecular formula is C17H22N2O3. The molecule has 1 aromatic rings. The first-order valence-electron chi connectivity index (χ1n) is 8.01. The van der Waals surface area contributed by atoms with Crippen LogP contribution in [0.3, 0.4) is 0 Å². The molecule has 0 radical (unpaired) electrons. The van der Waals surface area contributed by atoms with E-state index in [-0.39, 0.29) is 17.9 Å². The van der Waals surface area contributed by atoms with Crippen LogP contribution in [0.15, 0.2) is 35.0 Å². The molecule has 1 N–H and O–H groups in total. The predicted molar refractivity (Wildman–Crippen MR) is 82.3 cm³/mol. The van der Waals surface area contributed by atoms with E-state index in [0.29, 0.717) is 31.2 Å². The molecule has 2 aliphatic rings. The average Bonchev–Trinajstić information content (AvgIpc) is 3.20. The lowest BCUT2D eigenvalue weighted by Gasteiger charge is -2.32. The van der Waals surface area contributed by atoms with Crippen molar-refractivity contribution in [2.45, 2.75) is 38.1 Å². The second-order valence-corrected chi connectivity index (χ2v) is 6.08. The average molecular weight is 302 g/mol. The SMILES string of the molecule is O=C(C[C@H]1C=CCC1)NC1CCN(C(=O)c2ccco2)CC1. The topological polar surface area (TPSA) is 62.6 Å². The summed E-state index contributed by atoms with van der Waals surface area (Å²) >= 11 is 0. The van der Waals surface area contributed by atoms with Gasteiger partial charge in [-0.25, -0.2) is 0 Å². The summed E-state index contributed by atoms with van der Waals surface area (Å²) in [5.74, 6) is 0.856. The highest BCUT2D eigenvalue weighted by atomic mass is 16.3. The fourth-order valence-electron chi connectivity index (χ4n) is 3.17. The fraction of sp³-hybridized carbons (Fsp3) is 0.529. The van der Waals surface area contributed by atoms with Crippen LogP contribution in [0.4, 0.5) is 0 Å². The molecule has 0 unspecified atom stereocenters. The van der Waals surface area contributed by atoms with Crippen molar-refractivity contribution in [3.63, 3.8) is 0 Å². The number of carbonyl (C=O) groups excluding carboxylic acids is 2. The van der Waals surface area contributed by atoms with Crippen LogP contribution in [0.1, 0.15) is 42.7 Å². The molecule has 0 spiro atoms. The third-order valence-corrected chi connectivity index (χ3v) is 4.44. The molecule has 0 saturated carbocycles. The van der Waals surface area contributed by atoms with E-state index in [0.717, 1.165) is 25.7 Å². The van der Waals surface area contributed by atoms with E-state index in [2.05, 4.69) is 17.5 Å². The number of likely N-dealkylation sites (tertiary alicyclic amines) is 1. The minimum absolute atomic E-state index is 0.0640. The maximum absolute atomic E-state index is 12.2. The van der Waals surface area contributed by atoms with Crippen molar-refractivity contribution in [1.82, 2.24) is 10.2 Å². The van der Waals surface area contributed by atoms with Gasteiger partial charge in [-0.1, -0.05) is 12.2 Å². The molecule has 118 valence electrons. The predicted octanol–water partition coefficient (Wildman–Crippen LogP) is 2.36. The highest BCUT2D eigenvalue weighted by Crippen LogP contribution is 2.21. The molecular weight excluding hydrogens is 280 g/mol. The number of hydrogen-bond acceptors (Lipinski definition) is 3. The Morgan fingerprint density at radius 2 is 2.09 bits per heavy atom. The quantitative estimate of drug-likeness (QED) is 0.868. The summed E-state index contributed by atoms with van der Waals surface area (Å²) in [4.78, 5) is 26.0. The van der Waals surface area contributed by atoms with Crippen LogP contribution >= 0.6 is 0 Å². The molecule has 3 rings (SSSR count). The number of piperidine rings is 1. The van der Waals surface area contributed by atoms with Crippen LogP contribution in [0.2, 0.25) is 0 Å². The van der Waals surface area contributed by atoms with Crippen molar-refractivity contribution in [3.8, 4) is 0 Å². The van der Waals surface area contributed by atoms with Crippen molar-refractivity contribution in [1.29, 1.82) is 0 Å². The monoisotopic (exact) mass is 302 g/mol. The van der Waals surface area contributed by atoms with Crippen molar-refractivity contribution in [3.05, 3.63) is 36.3 Å². The van der Waals surface area contributed by atoms with E-state index in [9.17, 15) is 9.59 Å². The molecule has 2 heterocycles. The molecule has 1 fully saturated rings. The number of nitrogens with zero attached hydrogens (tertiary/aromatic N) is 1. The highest BCUT2D eigenvalue weighted by molar-refractivity contribution is 5.91. The Morgan fingerprint density at radius 1 is 1.27 bits per heavy atom. The number of hydrogen-bond donors (Lipinski definition) is 1. The Labute approximate surface area is 130 Å². The first-order chi connectivity index (χ1) is 10.7. The van der Waals surface area contributed by atoms with E-state index in [1.807, 2.05) is 0 Å². The summed E-state index contributed by atoms with van der Waals surface area (Å²) in [6, 6.07) is 3.58.